The SMILES string of the molecule is CC1(C)c2ccccc2-c2ccc(-c3cccc(-c4cc(-c5ccc(-c6ccncc6)cc5)nc(-c5ccccc5)n4)c3)cc21. The minimum absolute atomic E-state index is 0.0430. The first-order chi connectivity index (χ1) is 22.0. The Kier molecular flexibility index (Phi) is 6.46. The molecule has 0 atom stereocenters. The first-order valence-electron chi connectivity index (χ1n) is 15.4. The zero-order valence-corrected chi connectivity index (χ0v) is 25.3. The van der Waals surface area contributed by atoms with E-state index in [9.17, 15) is 0 Å². The maximum Gasteiger partial charge on any atom is 0.160 e. The van der Waals surface area contributed by atoms with E-state index in [0.717, 1.165) is 39.2 Å². The molecule has 0 aliphatic heterocycles. The fraction of sp³-hybridized carbons (Fsp3) is 0.0714. The Morgan fingerprint density at radius 2 is 0.978 bits per heavy atom. The van der Waals surface area contributed by atoms with Gasteiger partial charge in [0.25, 0.3) is 0 Å². The second-order valence-corrected chi connectivity index (χ2v) is 12.2. The van der Waals surface area contributed by atoms with Gasteiger partial charge >= 0.3 is 0 Å². The van der Waals surface area contributed by atoms with Gasteiger partial charge in [0.15, 0.2) is 5.82 Å². The van der Waals surface area contributed by atoms with Crippen molar-refractivity contribution in [1.29, 1.82) is 0 Å². The van der Waals surface area contributed by atoms with E-state index in [2.05, 4.69) is 128 Å². The van der Waals surface area contributed by atoms with E-state index < -0.39 is 0 Å². The summed E-state index contributed by atoms with van der Waals surface area (Å²) in [6.45, 7) is 4.66. The van der Waals surface area contributed by atoms with Crippen molar-refractivity contribution in [2.45, 2.75) is 19.3 Å². The lowest BCUT2D eigenvalue weighted by Gasteiger charge is -2.22. The molecule has 0 radical (unpaired) electrons. The Balaban J connectivity index is 1.21. The zero-order valence-electron chi connectivity index (χ0n) is 25.3. The highest BCUT2D eigenvalue weighted by molar-refractivity contribution is 5.84. The minimum atomic E-state index is -0.0430. The van der Waals surface area contributed by atoms with Crippen LogP contribution in [0.15, 0.2) is 152 Å². The number of hydrogen-bond donors (Lipinski definition) is 0. The zero-order chi connectivity index (χ0) is 30.4. The van der Waals surface area contributed by atoms with Gasteiger partial charge in [0.05, 0.1) is 11.4 Å². The van der Waals surface area contributed by atoms with Crippen molar-refractivity contribution >= 4 is 0 Å². The van der Waals surface area contributed by atoms with E-state index in [1.165, 1.54) is 33.4 Å². The summed E-state index contributed by atoms with van der Waals surface area (Å²) in [5.41, 5.74) is 14.9. The highest BCUT2D eigenvalue weighted by atomic mass is 14.9. The van der Waals surface area contributed by atoms with Gasteiger partial charge in [0.2, 0.25) is 0 Å². The summed E-state index contributed by atoms with van der Waals surface area (Å²) in [4.78, 5) is 14.3. The van der Waals surface area contributed by atoms with E-state index in [1.807, 2.05) is 42.7 Å². The summed E-state index contributed by atoms with van der Waals surface area (Å²) < 4.78 is 0. The highest BCUT2D eigenvalue weighted by Gasteiger charge is 2.35. The molecular formula is C42H31N3. The molecular weight excluding hydrogens is 546 g/mol. The van der Waals surface area contributed by atoms with Gasteiger partial charge in [0, 0.05) is 34.5 Å². The van der Waals surface area contributed by atoms with Crippen LogP contribution < -0.4 is 0 Å². The van der Waals surface area contributed by atoms with Crippen molar-refractivity contribution in [2.75, 3.05) is 0 Å². The van der Waals surface area contributed by atoms with E-state index in [0.29, 0.717) is 5.82 Å². The average Bonchev–Trinajstić information content (AvgIpc) is 3.34. The van der Waals surface area contributed by atoms with Crippen molar-refractivity contribution in [3.05, 3.63) is 163 Å². The number of nitrogens with zero attached hydrogens (tertiary/aromatic N) is 3. The Hall–Kier alpha value is -5.67. The molecule has 45 heavy (non-hydrogen) atoms. The second-order valence-electron chi connectivity index (χ2n) is 12.2. The van der Waals surface area contributed by atoms with Crippen LogP contribution in [-0.2, 0) is 5.41 Å². The average molecular weight is 578 g/mol. The third-order valence-electron chi connectivity index (χ3n) is 9.03. The monoisotopic (exact) mass is 577 g/mol. The topological polar surface area (TPSA) is 38.7 Å². The lowest BCUT2D eigenvalue weighted by atomic mass is 9.81. The number of aromatic nitrogens is 3. The van der Waals surface area contributed by atoms with E-state index in [-0.39, 0.29) is 5.41 Å². The van der Waals surface area contributed by atoms with Gasteiger partial charge in [-0.3, -0.25) is 4.98 Å². The molecule has 5 aromatic carbocycles. The van der Waals surface area contributed by atoms with Crippen molar-refractivity contribution in [3.63, 3.8) is 0 Å². The molecule has 0 unspecified atom stereocenters. The van der Waals surface area contributed by atoms with Crippen LogP contribution in [0.4, 0.5) is 0 Å². The van der Waals surface area contributed by atoms with Crippen LogP contribution in [0, 0.1) is 0 Å². The molecule has 2 heterocycles. The summed E-state index contributed by atoms with van der Waals surface area (Å²) in [5, 5.41) is 0. The predicted molar refractivity (Wildman–Crippen MR) is 185 cm³/mol. The number of fused-ring (bicyclic) bond motifs is 3. The second kappa shape index (κ2) is 10.8. The normalized spacial score (nSPS) is 12.8. The molecule has 3 nitrogen and oxygen atoms in total. The minimum Gasteiger partial charge on any atom is -0.265 e. The maximum absolute atomic E-state index is 5.09. The van der Waals surface area contributed by atoms with Crippen LogP contribution in [0.5, 0.6) is 0 Å². The molecule has 0 fully saturated rings. The maximum atomic E-state index is 5.09. The van der Waals surface area contributed by atoms with Crippen molar-refractivity contribution in [2.24, 2.45) is 0 Å². The van der Waals surface area contributed by atoms with Crippen molar-refractivity contribution in [3.8, 4) is 67.3 Å². The van der Waals surface area contributed by atoms with E-state index in [1.54, 1.807) is 0 Å². The van der Waals surface area contributed by atoms with Crippen LogP contribution in [0.1, 0.15) is 25.0 Å². The molecule has 8 rings (SSSR count). The Morgan fingerprint density at radius 1 is 0.400 bits per heavy atom. The first-order valence-corrected chi connectivity index (χ1v) is 15.4. The van der Waals surface area contributed by atoms with Crippen molar-refractivity contribution < 1.29 is 0 Å². The van der Waals surface area contributed by atoms with Gasteiger partial charge in [-0.2, -0.15) is 0 Å². The van der Waals surface area contributed by atoms with Crippen LogP contribution >= 0.6 is 0 Å². The Bertz CT molecular complexity index is 2170. The van der Waals surface area contributed by atoms with Gasteiger partial charge in [-0.05, 0) is 74.8 Å². The number of rotatable bonds is 5. The van der Waals surface area contributed by atoms with Gasteiger partial charge in [-0.15, -0.1) is 0 Å². The molecule has 1 aliphatic carbocycles. The lowest BCUT2D eigenvalue weighted by Crippen LogP contribution is -2.14. The number of pyridine rings is 1. The van der Waals surface area contributed by atoms with E-state index in [4.69, 9.17) is 9.97 Å². The van der Waals surface area contributed by atoms with Gasteiger partial charge in [0.1, 0.15) is 0 Å². The highest BCUT2D eigenvalue weighted by Crippen LogP contribution is 2.49. The summed E-state index contributed by atoms with van der Waals surface area (Å²) in [6, 6.07) is 49.3. The van der Waals surface area contributed by atoms with Crippen LogP contribution in [0.2, 0.25) is 0 Å². The molecule has 0 saturated carbocycles. The molecule has 3 heteroatoms. The Labute approximate surface area is 264 Å². The molecule has 214 valence electrons. The lowest BCUT2D eigenvalue weighted by molar-refractivity contribution is 0.660. The molecule has 2 aromatic heterocycles. The van der Waals surface area contributed by atoms with Crippen LogP contribution in [0.3, 0.4) is 0 Å². The molecule has 0 N–H and O–H groups in total. The number of benzene rings is 5. The molecule has 0 amide bonds. The van der Waals surface area contributed by atoms with Crippen LogP contribution in [0.25, 0.3) is 67.3 Å². The molecule has 0 spiro atoms. The summed E-state index contributed by atoms with van der Waals surface area (Å²) >= 11 is 0. The standard InChI is InChI=1S/C42H31N3/c1-42(2)37-14-7-6-13-35(37)36-20-19-33(26-38(36)42)32-11-8-12-34(25-32)40-27-39(44-41(45-40)31-9-4-3-5-10-31)30-17-15-28(16-18-30)29-21-23-43-24-22-29/h3-27H,1-2H3. The molecule has 0 bridgehead atoms. The van der Waals surface area contributed by atoms with Gasteiger partial charge in [-0.25, -0.2) is 9.97 Å². The van der Waals surface area contributed by atoms with Gasteiger partial charge < -0.3 is 0 Å². The van der Waals surface area contributed by atoms with Crippen molar-refractivity contribution in [1.82, 2.24) is 15.0 Å². The third kappa shape index (κ3) is 4.83. The fourth-order valence-corrected chi connectivity index (χ4v) is 6.58. The summed E-state index contributed by atoms with van der Waals surface area (Å²) in [5.74, 6) is 0.712. The summed E-state index contributed by atoms with van der Waals surface area (Å²) in [6.07, 6.45) is 3.64. The molecule has 7 aromatic rings. The first kappa shape index (κ1) is 26.9. The quantitative estimate of drug-likeness (QED) is 0.204. The molecule has 1 aliphatic rings. The Morgan fingerprint density at radius 3 is 1.78 bits per heavy atom. The van der Waals surface area contributed by atoms with Gasteiger partial charge in [-0.1, -0.05) is 123 Å². The van der Waals surface area contributed by atoms with E-state index >= 15 is 0 Å². The number of hydrogen-bond acceptors (Lipinski definition) is 3. The summed E-state index contributed by atoms with van der Waals surface area (Å²) in [7, 11) is 0. The predicted octanol–water partition coefficient (Wildman–Crippen LogP) is 10.5. The largest absolute Gasteiger partial charge is 0.265 e. The van der Waals surface area contributed by atoms with Crippen LogP contribution in [-0.4, -0.2) is 15.0 Å². The molecule has 0 saturated heterocycles. The third-order valence-corrected chi connectivity index (χ3v) is 9.03. The fourth-order valence-electron chi connectivity index (χ4n) is 6.58. The smallest absolute Gasteiger partial charge is 0.160 e.